The van der Waals surface area contributed by atoms with E-state index in [1.807, 2.05) is 44.2 Å². The van der Waals surface area contributed by atoms with E-state index in [9.17, 15) is 4.79 Å². The van der Waals surface area contributed by atoms with Gasteiger partial charge in [-0.05, 0) is 42.3 Å². The third kappa shape index (κ3) is 2.77. The number of halogens is 1. The van der Waals surface area contributed by atoms with Gasteiger partial charge < -0.3 is 4.74 Å². The lowest BCUT2D eigenvalue weighted by Gasteiger charge is -2.18. The van der Waals surface area contributed by atoms with Gasteiger partial charge in [-0.15, -0.1) is 0 Å². The SMILES string of the molecule is CCOC(=O)C(c1ccccc1)n1nc(C)c(Br)c1C. The molecule has 1 aromatic carbocycles. The van der Waals surface area contributed by atoms with Crippen LogP contribution in [0.4, 0.5) is 0 Å². The van der Waals surface area contributed by atoms with Gasteiger partial charge in [-0.3, -0.25) is 0 Å². The molecule has 0 N–H and O–H groups in total. The van der Waals surface area contributed by atoms with E-state index in [1.165, 1.54) is 0 Å². The maximum atomic E-state index is 12.3. The first-order chi connectivity index (χ1) is 9.56. The quantitative estimate of drug-likeness (QED) is 0.803. The average molecular weight is 337 g/mol. The van der Waals surface area contributed by atoms with Crippen molar-refractivity contribution in [2.45, 2.75) is 26.8 Å². The van der Waals surface area contributed by atoms with Crippen molar-refractivity contribution < 1.29 is 9.53 Å². The summed E-state index contributed by atoms with van der Waals surface area (Å²) in [6.07, 6.45) is 0. The van der Waals surface area contributed by atoms with Gasteiger partial charge in [0.15, 0.2) is 6.04 Å². The first-order valence-electron chi connectivity index (χ1n) is 6.49. The number of aryl methyl sites for hydroxylation is 1. The number of esters is 1. The largest absolute Gasteiger partial charge is 0.464 e. The van der Waals surface area contributed by atoms with Crippen molar-refractivity contribution in [1.82, 2.24) is 9.78 Å². The Balaban J connectivity index is 2.52. The molecule has 1 heterocycles. The molecule has 2 rings (SSSR count). The Morgan fingerprint density at radius 1 is 1.35 bits per heavy atom. The minimum absolute atomic E-state index is 0.295. The molecule has 0 radical (unpaired) electrons. The zero-order valence-corrected chi connectivity index (χ0v) is 13.3. The molecule has 4 nitrogen and oxygen atoms in total. The number of hydrogen-bond donors (Lipinski definition) is 0. The van der Waals surface area contributed by atoms with Gasteiger partial charge in [-0.1, -0.05) is 30.3 Å². The highest BCUT2D eigenvalue weighted by Gasteiger charge is 2.27. The van der Waals surface area contributed by atoms with E-state index >= 15 is 0 Å². The highest BCUT2D eigenvalue weighted by Crippen LogP contribution is 2.27. The molecular formula is C15H17BrN2O2. The Labute approximate surface area is 126 Å². The smallest absolute Gasteiger partial charge is 0.335 e. The van der Waals surface area contributed by atoms with Gasteiger partial charge in [0.2, 0.25) is 0 Å². The monoisotopic (exact) mass is 336 g/mol. The molecule has 5 heteroatoms. The van der Waals surface area contributed by atoms with Gasteiger partial charge in [-0.2, -0.15) is 5.10 Å². The molecule has 0 saturated carbocycles. The molecular weight excluding hydrogens is 320 g/mol. The van der Waals surface area contributed by atoms with E-state index in [0.29, 0.717) is 6.61 Å². The van der Waals surface area contributed by atoms with Crippen LogP contribution in [0.5, 0.6) is 0 Å². The number of carbonyl (C=O) groups is 1. The van der Waals surface area contributed by atoms with Gasteiger partial charge in [0, 0.05) is 0 Å². The van der Waals surface area contributed by atoms with Gasteiger partial charge >= 0.3 is 5.97 Å². The van der Waals surface area contributed by atoms with Crippen molar-refractivity contribution in [3.63, 3.8) is 0 Å². The van der Waals surface area contributed by atoms with Crippen LogP contribution < -0.4 is 0 Å². The summed E-state index contributed by atoms with van der Waals surface area (Å²) >= 11 is 3.49. The van der Waals surface area contributed by atoms with E-state index in [4.69, 9.17) is 4.74 Å². The second-order valence-electron chi connectivity index (χ2n) is 4.49. The number of carbonyl (C=O) groups excluding carboxylic acids is 1. The molecule has 0 amide bonds. The van der Waals surface area contributed by atoms with Gasteiger partial charge in [0.1, 0.15) is 0 Å². The number of aromatic nitrogens is 2. The van der Waals surface area contributed by atoms with Crippen molar-refractivity contribution in [2.75, 3.05) is 6.61 Å². The van der Waals surface area contributed by atoms with Crippen LogP contribution in [0.1, 0.15) is 29.9 Å². The summed E-state index contributed by atoms with van der Waals surface area (Å²) in [6.45, 7) is 5.99. The first-order valence-corrected chi connectivity index (χ1v) is 7.28. The fourth-order valence-corrected chi connectivity index (χ4v) is 2.39. The van der Waals surface area contributed by atoms with Crippen LogP contribution >= 0.6 is 15.9 Å². The van der Waals surface area contributed by atoms with Crippen molar-refractivity contribution in [3.8, 4) is 0 Å². The number of ether oxygens (including phenoxy) is 1. The topological polar surface area (TPSA) is 44.1 Å². The van der Waals surface area contributed by atoms with Crippen LogP contribution in [-0.2, 0) is 9.53 Å². The second-order valence-corrected chi connectivity index (χ2v) is 5.29. The Hall–Kier alpha value is -1.62. The molecule has 0 bridgehead atoms. The van der Waals surface area contributed by atoms with Crippen LogP contribution in [0.25, 0.3) is 0 Å². The molecule has 0 aliphatic rings. The highest BCUT2D eigenvalue weighted by atomic mass is 79.9. The fraction of sp³-hybridized carbons (Fsp3) is 0.333. The minimum atomic E-state index is -0.554. The van der Waals surface area contributed by atoms with Gasteiger partial charge in [0.25, 0.3) is 0 Å². The Kier molecular flexibility index (Phi) is 4.60. The van der Waals surface area contributed by atoms with Crippen LogP contribution in [0, 0.1) is 13.8 Å². The number of benzene rings is 1. The van der Waals surface area contributed by atoms with Crippen molar-refractivity contribution in [3.05, 3.63) is 51.8 Å². The second kappa shape index (κ2) is 6.22. The molecule has 0 spiro atoms. The minimum Gasteiger partial charge on any atom is -0.464 e. The standard InChI is InChI=1S/C15H17BrN2O2/c1-4-20-15(19)14(12-8-6-5-7-9-12)18-11(3)13(16)10(2)17-18/h5-9,14H,4H2,1-3H3. The Bertz CT molecular complexity index is 608. The average Bonchev–Trinajstić information content (AvgIpc) is 2.69. The van der Waals surface area contributed by atoms with Crippen LogP contribution in [-0.4, -0.2) is 22.4 Å². The number of rotatable bonds is 4. The Morgan fingerprint density at radius 3 is 2.50 bits per heavy atom. The summed E-state index contributed by atoms with van der Waals surface area (Å²) in [5.41, 5.74) is 2.63. The summed E-state index contributed by atoms with van der Waals surface area (Å²) in [5, 5.41) is 4.46. The zero-order valence-electron chi connectivity index (χ0n) is 11.8. The zero-order chi connectivity index (χ0) is 14.7. The van der Waals surface area contributed by atoms with Crippen LogP contribution in [0.2, 0.25) is 0 Å². The lowest BCUT2D eigenvalue weighted by molar-refractivity contribution is -0.146. The first kappa shape index (κ1) is 14.8. The summed E-state index contributed by atoms with van der Waals surface area (Å²) in [4.78, 5) is 12.3. The predicted octanol–water partition coefficient (Wildman–Crippen LogP) is 3.41. The molecule has 0 aliphatic heterocycles. The molecule has 2 aromatic rings. The molecule has 106 valence electrons. The molecule has 1 aromatic heterocycles. The lowest BCUT2D eigenvalue weighted by atomic mass is 10.1. The number of nitrogens with zero attached hydrogens (tertiary/aromatic N) is 2. The third-order valence-corrected chi connectivity index (χ3v) is 4.25. The third-order valence-electron chi connectivity index (χ3n) is 3.11. The Morgan fingerprint density at radius 2 is 2.00 bits per heavy atom. The predicted molar refractivity (Wildman–Crippen MR) is 80.6 cm³/mol. The molecule has 1 unspecified atom stereocenters. The van der Waals surface area contributed by atoms with Crippen LogP contribution in [0.3, 0.4) is 0 Å². The summed E-state index contributed by atoms with van der Waals surface area (Å²) < 4.78 is 7.84. The van der Waals surface area contributed by atoms with E-state index < -0.39 is 6.04 Å². The van der Waals surface area contributed by atoms with E-state index in [-0.39, 0.29) is 5.97 Å². The highest BCUT2D eigenvalue weighted by molar-refractivity contribution is 9.10. The van der Waals surface area contributed by atoms with Gasteiger partial charge in [0.05, 0.1) is 22.5 Å². The molecule has 20 heavy (non-hydrogen) atoms. The van der Waals surface area contributed by atoms with E-state index in [2.05, 4.69) is 21.0 Å². The maximum absolute atomic E-state index is 12.3. The lowest BCUT2D eigenvalue weighted by Crippen LogP contribution is -2.25. The molecule has 0 fully saturated rings. The molecule has 1 atom stereocenters. The van der Waals surface area contributed by atoms with Crippen LogP contribution in [0.15, 0.2) is 34.8 Å². The summed E-state index contributed by atoms with van der Waals surface area (Å²) in [6, 6.07) is 8.99. The maximum Gasteiger partial charge on any atom is 0.335 e. The summed E-state index contributed by atoms with van der Waals surface area (Å²) in [5.74, 6) is -0.295. The molecule has 0 aliphatic carbocycles. The van der Waals surface area contributed by atoms with E-state index in [0.717, 1.165) is 21.4 Å². The fourth-order valence-electron chi connectivity index (χ4n) is 2.13. The van der Waals surface area contributed by atoms with Crippen molar-refractivity contribution in [1.29, 1.82) is 0 Å². The number of hydrogen-bond acceptors (Lipinski definition) is 3. The summed E-state index contributed by atoms with van der Waals surface area (Å²) in [7, 11) is 0. The van der Waals surface area contributed by atoms with E-state index in [1.54, 1.807) is 11.6 Å². The molecule has 0 saturated heterocycles. The van der Waals surface area contributed by atoms with Crippen molar-refractivity contribution >= 4 is 21.9 Å². The van der Waals surface area contributed by atoms with Gasteiger partial charge in [-0.25, -0.2) is 9.48 Å². The van der Waals surface area contributed by atoms with Crippen molar-refractivity contribution in [2.24, 2.45) is 0 Å². The normalized spacial score (nSPS) is 12.2.